The molecule has 1 amide bonds. The van der Waals surface area contributed by atoms with Gasteiger partial charge in [0.1, 0.15) is 6.04 Å². The van der Waals surface area contributed by atoms with E-state index >= 15 is 0 Å². The van der Waals surface area contributed by atoms with Gasteiger partial charge in [0.15, 0.2) is 6.10 Å². The van der Waals surface area contributed by atoms with Crippen LogP contribution < -0.4 is 0 Å². The van der Waals surface area contributed by atoms with Gasteiger partial charge in [-0.15, -0.1) is 11.8 Å². The number of benzene rings is 3. The Morgan fingerprint density at radius 3 is 2.03 bits per heavy atom. The number of ether oxygens (including phenoxy) is 2. The molecule has 0 aromatic heterocycles. The summed E-state index contributed by atoms with van der Waals surface area (Å²) in [5.41, 5.74) is 2.87. The lowest BCUT2D eigenvalue weighted by Gasteiger charge is -2.44. The second kappa shape index (κ2) is 9.88. The van der Waals surface area contributed by atoms with E-state index in [9.17, 15) is 9.59 Å². The molecule has 0 spiro atoms. The predicted molar refractivity (Wildman–Crippen MR) is 136 cm³/mol. The Hall–Kier alpha value is -3.09. The zero-order valence-electron chi connectivity index (χ0n) is 19.9. The third-order valence-corrected chi connectivity index (χ3v) is 8.25. The average Bonchev–Trinajstić information content (AvgIpc) is 3.14. The largest absolute Gasteiger partial charge is 0.451 e. The summed E-state index contributed by atoms with van der Waals surface area (Å²) in [5, 5.41) is -0.0854. The fourth-order valence-electron chi connectivity index (χ4n) is 4.87. The molecule has 2 fully saturated rings. The zero-order chi connectivity index (χ0) is 24.4. The summed E-state index contributed by atoms with van der Waals surface area (Å²) in [6, 6.07) is 28.7. The molecule has 2 aliphatic rings. The highest BCUT2D eigenvalue weighted by Gasteiger charge is 2.64. The fraction of sp³-hybridized carbons (Fsp3) is 0.310. The Morgan fingerprint density at radius 1 is 0.914 bits per heavy atom. The third-order valence-electron chi connectivity index (χ3n) is 6.62. The van der Waals surface area contributed by atoms with Gasteiger partial charge in [-0.25, -0.2) is 4.79 Å². The van der Waals surface area contributed by atoms with Crippen LogP contribution in [0.5, 0.6) is 0 Å². The number of esters is 1. The van der Waals surface area contributed by atoms with Crippen molar-refractivity contribution in [2.75, 3.05) is 6.61 Å². The Kier molecular flexibility index (Phi) is 6.67. The van der Waals surface area contributed by atoms with Crippen LogP contribution in [0.15, 0.2) is 91.0 Å². The number of carbonyl (C=O) groups excluding carboxylic acids is 2. The summed E-state index contributed by atoms with van der Waals surface area (Å²) >= 11 is 1.66. The smallest absolute Gasteiger partial charge is 0.331 e. The van der Waals surface area contributed by atoms with E-state index in [2.05, 4.69) is 0 Å². The van der Waals surface area contributed by atoms with Gasteiger partial charge in [-0.3, -0.25) is 4.79 Å². The molecular weight excluding hydrogens is 458 g/mol. The molecule has 3 atom stereocenters. The summed E-state index contributed by atoms with van der Waals surface area (Å²) in [5.74, 6) is -0.668. The molecule has 5 nitrogen and oxygen atoms in total. The van der Waals surface area contributed by atoms with E-state index in [4.69, 9.17) is 9.47 Å². The molecule has 0 bridgehead atoms. The second-order valence-corrected chi connectivity index (χ2v) is 11.3. The number of rotatable bonds is 8. The lowest BCUT2D eigenvalue weighted by molar-refractivity contribution is -0.171. The van der Waals surface area contributed by atoms with Gasteiger partial charge in [0.05, 0.1) is 24.5 Å². The number of fused-ring (bicyclic) bond motifs is 1. The maximum absolute atomic E-state index is 13.6. The first-order valence-electron chi connectivity index (χ1n) is 11.9. The van der Waals surface area contributed by atoms with Crippen molar-refractivity contribution in [1.29, 1.82) is 0 Å². The standard InChI is InChI=1S/C29H29NO4S/c1-29(2)25(28(32)34-24(21-14-8-4-9-15-21)22-16-10-5-11-17-22)30-26(31)23(27(30)35-29)19-33-18-20-12-6-3-7-13-20/h3-17,23-25,27H,18-19H2,1-2H3/t23-,25-,27-/m1/s1. The van der Waals surface area contributed by atoms with Crippen molar-refractivity contribution in [2.45, 2.75) is 42.7 Å². The molecule has 0 aliphatic carbocycles. The maximum atomic E-state index is 13.6. The molecule has 2 saturated heterocycles. The van der Waals surface area contributed by atoms with Crippen molar-refractivity contribution in [2.24, 2.45) is 5.92 Å². The molecule has 2 heterocycles. The Morgan fingerprint density at radius 2 is 1.46 bits per heavy atom. The third kappa shape index (κ3) is 4.73. The van der Waals surface area contributed by atoms with Crippen LogP contribution >= 0.6 is 11.8 Å². The number of hydrogen-bond acceptors (Lipinski definition) is 5. The van der Waals surface area contributed by atoms with Gasteiger partial charge in [0.2, 0.25) is 5.91 Å². The molecule has 5 rings (SSSR count). The van der Waals surface area contributed by atoms with Crippen molar-refractivity contribution in [1.82, 2.24) is 4.90 Å². The quantitative estimate of drug-likeness (QED) is 0.322. The zero-order valence-corrected chi connectivity index (χ0v) is 20.7. The number of thioether (sulfide) groups is 1. The van der Waals surface area contributed by atoms with Crippen LogP contribution in [0.25, 0.3) is 0 Å². The van der Waals surface area contributed by atoms with E-state index in [1.54, 1.807) is 16.7 Å². The van der Waals surface area contributed by atoms with Gasteiger partial charge in [-0.05, 0) is 30.5 Å². The van der Waals surface area contributed by atoms with E-state index in [1.165, 1.54) is 0 Å². The average molecular weight is 488 g/mol. The van der Waals surface area contributed by atoms with Crippen molar-refractivity contribution >= 4 is 23.6 Å². The van der Waals surface area contributed by atoms with E-state index < -0.39 is 16.9 Å². The molecule has 3 aromatic carbocycles. The molecule has 6 heteroatoms. The van der Waals surface area contributed by atoms with Gasteiger partial charge >= 0.3 is 5.97 Å². The number of β-lactam (4-membered cyclic amide) rings is 1. The monoisotopic (exact) mass is 487 g/mol. The van der Waals surface area contributed by atoms with Gasteiger partial charge in [0.25, 0.3) is 0 Å². The van der Waals surface area contributed by atoms with Crippen molar-refractivity contribution in [3.63, 3.8) is 0 Å². The van der Waals surface area contributed by atoms with Crippen molar-refractivity contribution < 1.29 is 19.1 Å². The molecule has 35 heavy (non-hydrogen) atoms. The van der Waals surface area contributed by atoms with Crippen molar-refractivity contribution in [3.8, 4) is 0 Å². The fourth-order valence-corrected chi connectivity index (χ4v) is 6.53. The molecule has 0 radical (unpaired) electrons. The number of hydrogen-bond donors (Lipinski definition) is 0. The molecule has 0 unspecified atom stereocenters. The van der Waals surface area contributed by atoms with Crippen LogP contribution in [0.4, 0.5) is 0 Å². The minimum atomic E-state index is -0.648. The van der Waals surface area contributed by atoms with Crippen LogP contribution in [0.3, 0.4) is 0 Å². The summed E-state index contributed by atoms with van der Waals surface area (Å²) in [7, 11) is 0. The number of amides is 1. The second-order valence-electron chi connectivity index (χ2n) is 9.51. The van der Waals surface area contributed by atoms with Crippen LogP contribution in [0, 0.1) is 5.92 Å². The molecule has 2 aliphatic heterocycles. The predicted octanol–water partition coefficient (Wildman–Crippen LogP) is 5.21. The summed E-state index contributed by atoms with van der Waals surface area (Å²) in [6.07, 6.45) is -0.536. The SMILES string of the molecule is CC1(C)S[C@@H]2[C@H](COCc3ccccc3)C(=O)N2[C@@H]1C(=O)OC(c1ccccc1)c1ccccc1. The number of nitrogens with zero attached hydrogens (tertiary/aromatic N) is 1. The minimum Gasteiger partial charge on any atom is -0.451 e. The first kappa shape index (κ1) is 23.6. The van der Waals surface area contributed by atoms with Crippen LogP contribution in [-0.4, -0.2) is 39.5 Å². The highest BCUT2D eigenvalue weighted by molar-refractivity contribution is 8.01. The highest BCUT2D eigenvalue weighted by atomic mass is 32.2. The first-order valence-corrected chi connectivity index (χ1v) is 12.8. The molecule has 180 valence electrons. The van der Waals surface area contributed by atoms with Gasteiger partial charge < -0.3 is 14.4 Å². The first-order chi connectivity index (χ1) is 17.0. The number of carbonyl (C=O) groups is 2. The van der Waals surface area contributed by atoms with E-state index in [-0.39, 0.29) is 23.2 Å². The normalized spacial score (nSPS) is 22.5. The van der Waals surface area contributed by atoms with Gasteiger partial charge in [0, 0.05) is 4.75 Å². The summed E-state index contributed by atoms with van der Waals surface area (Å²) < 4.78 is 11.5. The molecular formula is C29H29NO4S. The maximum Gasteiger partial charge on any atom is 0.331 e. The highest BCUT2D eigenvalue weighted by Crippen LogP contribution is 2.53. The van der Waals surface area contributed by atoms with Crippen LogP contribution in [0.1, 0.15) is 36.6 Å². The lowest BCUT2D eigenvalue weighted by Crippen LogP contribution is -2.63. The molecule has 3 aromatic rings. The molecule has 0 N–H and O–H groups in total. The Balaban J connectivity index is 1.29. The van der Waals surface area contributed by atoms with E-state index in [0.717, 1.165) is 16.7 Å². The minimum absolute atomic E-state index is 0.0425. The van der Waals surface area contributed by atoms with E-state index in [1.807, 2.05) is 105 Å². The molecule has 0 saturated carbocycles. The van der Waals surface area contributed by atoms with E-state index in [0.29, 0.717) is 13.2 Å². The Labute approximate surface area is 210 Å². The van der Waals surface area contributed by atoms with Crippen LogP contribution in [0.2, 0.25) is 0 Å². The van der Waals surface area contributed by atoms with Crippen LogP contribution in [-0.2, 0) is 25.7 Å². The van der Waals surface area contributed by atoms with Gasteiger partial charge in [-0.2, -0.15) is 0 Å². The topological polar surface area (TPSA) is 55.8 Å². The summed E-state index contributed by atoms with van der Waals surface area (Å²) in [6.45, 7) is 4.83. The van der Waals surface area contributed by atoms with Crippen molar-refractivity contribution in [3.05, 3.63) is 108 Å². The Bertz CT molecular complexity index is 1130. The summed E-state index contributed by atoms with van der Waals surface area (Å²) in [4.78, 5) is 28.4. The lowest BCUT2D eigenvalue weighted by atomic mass is 9.92. The van der Waals surface area contributed by atoms with Gasteiger partial charge in [-0.1, -0.05) is 91.0 Å².